The molecule has 2 aromatic rings. The Morgan fingerprint density at radius 3 is 2.35 bits per heavy atom. The van der Waals surface area contributed by atoms with Crippen molar-refractivity contribution >= 4 is 29.5 Å². The molecule has 0 spiro atoms. The van der Waals surface area contributed by atoms with Crippen LogP contribution in [0.2, 0.25) is 0 Å². The lowest BCUT2D eigenvalue weighted by Gasteiger charge is -2.33. The predicted octanol–water partition coefficient (Wildman–Crippen LogP) is 1.99. The van der Waals surface area contributed by atoms with Gasteiger partial charge in [-0.1, -0.05) is 54.5 Å². The number of anilines is 1. The normalized spacial score (nSPS) is 21.2. The molecule has 2 aromatic carbocycles. The third-order valence-corrected chi connectivity index (χ3v) is 8.02. The van der Waals surface area contributed by atoms with E-state index < -0.39 is 48.2 Å². The van der Waals surface area contributed by atoms with E-state index in [-0.39, 0.29) is 38.1 Å². The Kier molecular flexibility index (Phi) is 10.8. The lowest BCUT2D eigenvalue weighted by Crippen LogP contribution is -2.59. The topological polar surface area (TPSA) is 129 Å². The number of terminal acetylenes is 1. The van der Waals surface area contributed by atoms with Crippen LogP contribution in [0.3, 0.4) is 0 Å². The molecular weight excluding hydrogens is 550 g/mol. The Labute approximate surface area is 252 Å². The minimum Gasteiger partial charge on any atom is -0.445 e. The van der Waals surface area contributed by atoms with Crippen molar-refractivity contribution in [1.29, 1.82) is 0 Å². The fraction of sp³-hybridized carbons (Fsp3) is 0.438. The predicted molar refractivity (Wildman–Crippen MR) is 161 cm³/mol. The molecule has 2 aliphatic rings. The summed E-state index contributed by atoms with van der Waals surface area (Å²) in [6.45, 7) is 3.73. The first-order valence-corrected chi connectivity index (χ1v) is 14.4. The van der Waals surface area contributed by atoms with Gasteiger partial charge in [0.1, 0.15) is 19.3 Å². The van der Waals surface area contributed by atoms with E-state index in [2.05, 4.69) is 21.9 Å². The molecule has 2 fully saturated rings. The molecule has 0 bridgehead atoms. The van der Waals surface area contributed by atoms with Gasteiger partial charge in [0.15, 0.2) is 0 Å². The Morgan fingerprint density at radius 1 is 1.02 bits per heavy atom. The van der Waals surface area contributed by atoms with Gasteiger partial charge in [0.25, 0.3) is 0 Å². The van der Waals surface area contributed by atoms with E-state index in [0.717, 1.165) is 5.56 Å². The van der Waals surface area contributed by atoms with E-state index in [0.29, 0.717) is 12.1 Å². The van der Waals surface area contributed by atoms with Crippen LogP contribution >= 0.6 is 0 Å². The molecule has 2 unspecified atom stereocenters. The molecule has 228 valence electrons. The number of para-hydroxylation sites is 1. The molecule has 6 atom stereocenters. The number of hydrogen-bond acceptors (Lipinski definition) is 7. The first-order valence-electron chi connectivity index (χ1n) is 14.4. The molecule has 2 heterocycles. The minimum atomic E-state index is -1.06. The van der Waals surface area contributed by atoms with Crippen LogP contribution in [-0.4, -0.2) is 90.6 Å². The smallest absolute Gasteiger partial charge is 0.410 e. The number of carbonyl (C=O) groups is 4. The number of nitrogens with zero attached hydrogens (tertiary/aromatic N) is 2. The lowest BCUT2D eigenvalue weighted by molar-refractivity contribution is -0.142. The summed E-state index contributed by atoms with van der Waals surface area (Å²) in [4.78, 5) is 57.1. The second-order valence-electron chi connectivity index (χ2n) is 10.7. The van der Waals surface area contributed by atoms with E-state index >= 15 is 0 Å². The number of fused-ring (bicyclic) bond motifs is 1. The fourth-order valence-electron chi connectivity index (χ4n) is 5.59. The molecule has 4 rings (SSSR count). The van der Waals surface area contributed by atoms with Crippen molar-refractivity contribution in [3.63, 3.8) is 0 Å². The zero-order valence-electron chi connectivity index (χ0n) is 24.7. The largest absolute Gasteiger partial charge is 0.445 e. The summed E-state index contributed by atoms with van der Waals surface area (Å²) in [5.74, 6) is 0.534. The van der Waals surface area contributed by atoms with Crippen LogP contribution in [0.25, 0.3) is 0 Å². The maximum absolute atomic E-state index is 14.1. The molecule has 0 aliphatic carbocycles. The monoisotopic (exact) mass is 589 g/mol. The zero-order valence-corrected chi connectivity index (χ0v) is 24.7. The van der Waals surface area contributed by atoms with Gasteiger partial charge in [0.05, 0.1) is 30.1 Å². The summed E-state index contributed by atoms with van der Waals surface area (Å²) >= 11 is 0. The van der Waals surface area contributed by atoms with Gasteiger partial charge in [-0.3, -0.25) is 14.4 Å². The molecule has 0 aromatic heterocycles. The summed E-state index contributed by atoms with van der Waals surface area (Å²) in [7, 11) is 1.64. The molecule has 11 heteroatoms. The van der Waals surface area contributed by atoms with Crippen molar-refractivity contribution in [3.8, 4) is 12.3 Å². The van der Waals surface area contributed by atoms with Crippen LogP contribution in [0.1, 0.15) is 25.8 Å². The molecule has 0 radical (unpaired) electrons. The standard InChI is InChI=1S/C32H39N5O6/c1-5-18-42-22(3)27(35-29(38)21(2)33-4)31(40)36-17-16-26-28(36)25(30(39)34-24-14-10-7-11-15-24)19-37(26)32(41)43-20-23-12-8-6-9-13-23/h1,6-15,21-22,25-28,33H,16-20H2,2-4H3,(H,34,39)(H,35,38)/t21-,22?,25-,26+,27?,28+/m0/s1. The van der Waals surface area contributed by atoms with E-state index in [4.69, 9.17) is 15.9 Å². The van der Waals surface area contributed by atoms with Crippen molar-refractivity contribution in [2.45, 2.75) is 57.1 Å². The number of nitrogens with one attached hydrogen (secondary N) is 3. The molecule has 2 saturated heterocycles. The summed E-state index contributed by atoms with van der Waals surface area (Å²) in [5, 5.41) is 8.59. The lowest BCUT2D eigenvalue weighted by atomic mass is 9.97. The molecule has 43 heavy (non-hydrogen) atoms. The zero-order chi connectivity index (χ0) is 30.9. The third-order valence-electron chi connectivity index (χ3n) is 8.02. The van der Waals surface area contributed by atoms with Crippen LogP contribution in [0.5, 0.6) is 0 Å². The van der Waals surface area contributed by atoms with E-state index in [9.17, 15) is 19.2 Å². The Bertz CT molecular complexity index is 1320. The maximum Gasteiger partial charge on any atom is 0.410 e. The molecular formula is C32H39N5O6. The van der Waals surface area contributed by atoms with Crippen LogP contribution in [0, 0.1) is 18.3 Å². The number of hydrogen-bond donors (Lipinski definition) is 3. The van der Waals surface area contributed by atoms with Crippen molar-refractivity contribution in [3.05, 3.63) is 66.2 Å². The highest BCUT2D eigenvalue weighted by Gasteiger charge is 2.55. The molecule has 11 nitrogen and oxygen atoms in total. The number of benzene rings is 2. The highest BCUT2D eigenvalue weighted by Crippen LogP contribution is 2.37. The van der Waals surface area contributed by atoms with E-state index in [1.807, 2.05) is 48.5 Å². The fourth-order valence-corrected chi connectivity index (χ4v) is 5.59. The first-order chi connectivity index (χ1) is 20.7. The summed E-state index contributed by atoms with van der Waals surface area (Å²) < 4.78 is 11.3. The van der Waals surface area contributed by atoms with Crippen molar-refractivity contribution in [2.24, 2.45) is 5.92 Å². The second-order valence-corrected chi connectivity index (χ2v) is 10.7. The average Bonchev–Trinajstić information content (AvgIpc) is 3.62. The number of carbonyl (C=O) groups excluding carboxylic acids is 4. The Hall–Kier alpha value is -4.40. The van der Waals surface area contributed by atoms with Crippen molar-refractivity contribution in [1.82, 2.24) is 20.4 Å². The van der Waals surface area contributed by atoms with Gasteiger partial charge >= 0.3 is 6.09 Å². The molecule has 2 aliphatic heterocycles. The Morgan fingerprint density at radius 2 is 1.70 bits per heavy atom. The average molecular weight is 590 g/mol. The van der Waals surface area contributed by atoms with Gasteiger partial charge in [-0.25, -0.2) is 4.79 Å². The van der Waals surface area contributed by atoms with Crippen LogP contribution in [0.4, 0.5) is 10.5 Å². The molecule has 0 saturated carbocycles. The van der Waals surface area contributed by atoms with E-state index in [1.54, 1.807) is 42.8 Å². The number of amides is 4. The van der Waals surface area contributed by atoms with Crippen LogP contribution in [0.15, 0.2) is 60.7 Å². The van der Waals surface area contributed by atoms with Crippen molar-refractivity contribution in [2.75, 3.05) is 32.1 Å². The van der Waals surface area contributed by atoms with E-state index in [1.165, 1.54) is 0 Å². The van der Waals surface area contributed by atoms with Crippen LogP contribution < -0.4 is 16.0 Å². The molecule has 3 N–H and O–H groups in total. The van der Waals surface area contributed by atoms with Gasteiger partial charge in [0, 0.05) is 18.8 Å². The van der Waals surface area contributed by atoms with Gasteiger partial charge < -0.3 is 35.2 Å². The van der Waals surface area contributed by atoms with Crippen LogP contribution in [-0.2, 0) is 30.5 Å². The minimum absolute atomic E-state index is 0.0441. The number of likely N-dealkylation sites (N-methyl/N-ethyl adjacent to an activating group) is 1. The van der Waals surface area contributed by atoms with Crippen molar-refractivity contribution < 1.29 is 28.7 Å². The highest BCUT2D eigenvalue weighted by molar-refractivity contribution is 5.95. The third kappa shape index (κ3) is 7.52. The quantitative estimate of drug-likeness (QED) is 0.342. The summed E-state index contributed by atoms with van der Waals surface area (Å²) in [6, 6.07) is 15.6. The number of likely N-dealkylation sites (tertiary alicyclic amines) is 2. The van der Waals surface area contributed by atoms with Gasteiger partial charge in [0.2, 0.25) is 17.7 Å². The first kappa shape index (κ1) is 31.5. The number of ether oxygens (including phenoxy) is 2. The Balaban J connectivity index is 1.59. The number of rotatable bonds is 11. The van der Waals surface area contributed by atoms with Gasteiger partial charge in [-0.15, -0.1) is 6.42 Å². The molecule has 4 amide bonds. The summed E-state index contributed by atoms with van der Waals surface area (Å²) in [5.41, 5.74) is 1.44. The summed E-state index contributed by atoms with van der Waals surface area (Å²) in [6.07, 6.45) is 4.51. The SMILES string of the molecule is C#CCOC(C)C(NC(=O)[C@H](C)NC)C(=O)N1CC[C@@H]2[C@H]1[C@@H](C(=O)Nc1ccccc1)CN2C(=O)OCc1ccccc1. The maximum atomic E-state index is 14.1. The van der Waals surface area contributed by atoms with Gasteiger partial charge in [-0.05, 0) is 45.0 Å². The second kappa shape index (κ2) is 14.7. The van der Waals surface area contributed by atoms with Gasteiger partial charge in [-0.2, -0.15) is 0 Å². The highest BCUT2D eigenvalue weighted by atomic mass is 16.6.